The molecule has 1 aliphatic rings. The predicted molar refractivity (Wildman–Crippen MR) is 109 cm³/mol. The van der Waals surface area contributed by atoms with E-state index >= 15 is 0 Å². The van der Waals surface area contributed by atoms with Gasteiger partial charge in [0.15, 0.2) is 18.1 Å². The Labute approximate surface area is 171 Å². The number of carbonyl (C=O) groups is 2. The van der Waals surface area contributed by atoms with E-state index in [1.165, 1.54) is 38.2 Å². The van der Waals surface area contributed by atoms with E-state index in [1.807, 2.05) is 6.92 Å². The molecule has 2 aromatic rings. The standard InChI is InChI=1S/C23H27NO5/c1-15(17-12-11-16-7-4-5-8-18(16)13-17)24-21(25)14-29-23(26)19-9-6-10-20(27-2)22(19)28-3/h6,9-13,15H,4-5,7-8,14H2,1-3H3,(H,24,25)/t15-/m1/s1. The molecule has 0 bridgehead atoms. The second kappa shape index (κ2) is 9.45. The van der Waals surface area contributed by atoms with Crippen LogP contribution in [0.25, 0.3) is 0 Å². The molecule has 0 spiro atoms. The SMILES string of the molecule is COc1cccc(C(=O)OCC(=O)N[C@H](C)c2ccc3c(c2)CCCC3)c1OC. The van der Waals surface area contributed by atoms with E-state index in [-0.39, 0.29) is 29.9 Å². The van der Waals surface area contributed by atoms with Crippen molar-refractivity contribution in [2.75, 3.05) is 20.8 Å². The van der Waals surface area contributed by atoms with Crippen LogP contribution in [0.2, 0.25) is 0 Å². The Morgan fingerprint density at radius 1 is 1.03 bits per heavy atom. The molecule has 0 aromatic heterocycles. The Morgan fingerprint density at radius 2 is 1.79 bits per heavy atom. The maximum Gasteiger partial charge on any atom is 0.342 e. The van der Waals surface area contributed by atoms with E-state index < -0.39 is 5.97 Å². The van der Waals surface area contributed by atoms with Gasteiger partial charge in [0.1, 0.15) is 5.56 Å². The monoisotopic (exact) mass is 397 g/mol. The lowest BCUT2D eigenvalue weighted by Gasteiger charge is -2.20. The molecule has 1 atom stereocenters. The number of para-hydroxylation sites is 1. The minimum Gasteiger partial charge on any atom is -0.493 e. The van der Waals surface area contributed by atoms with Gasteiger partial charge in [0.25, 0.3) is 5.91 Å². The highest BCUT2D eigenvalue weighted by Gasteiger charge is 2.20. The first-order chi connectivity index (χ1) is 14.0. The molecule has 0 saturated heterocycles. The summed E-state index contributed by atoms with van der Waals surface area (Å²) < 4.78 is 15.6. The molecule has 0 unspecified atom stereocenters. The van der Waals surface area contributed by atoms with Crippen molar-refractivity contribution in [1.82, 2.24) is 5.32 Å². The van der Waals surface area contributed by atoms with Crippen LogP contribution in [-0.2, 0) is 22.4 Å². The van der Waals surface area contributed by atoms with Crippen LogP contribution in [0.4, 0.5) is 0 Å². The third-order valence-corrected chi connectivity index (χ3v) is 5.21. The Hall–Kier alpha value is -3.02. The number of ether oxygens (including phenoxy) is 3. The van der Waals surface area contributed by atoms with E-state index in [2.05, 4.69) is 23.5 Å². The second-order valence-corrected chi connectivity index (χ2v) is 7.14. The molecule has 29 heavy (non-hydrogen) atoms. The van der Waals surface area contributed by atoms with E-state index in [1.54, 1.807) is 18.2 Å². The number of carbonyl (C=O) groups excluding carboxylic acids is 2. The highest BCUT2D eigenvalue weighted by molar-refractivity contribution is 5.95. The minimum atomic E-state index is -0.641. The van der Waals surface area contributed by atoms with Crippen LogP contribution in [-0.4, -0.2) is 32.7 Å². The van der Waals surface area contributed by atoms with Gasteiger partial charge in [0, 0.05) is 0 Å². The average Bonchev–Trinajstić information content (AvgIpc) is 2.76. The average molecular weight is 397 g/mol. The number of hydrogen-bond acceptors (Lipinski definition) is 5. The lowest BCUT2D eigenvalue weighted by molar-refractivity contribution is -0.124. The van der Waals surface area contributed by atoms with Gasteiger partial charge in [-0.15, -0.1) is 0 Å². The van der Waals surface area contributed by atoms with Gasteiger partial charge < -0.3 is 19.5 Å². The second-order valence-electron chi connectivity index (χ2n) is 7.14. The molecular formula is C23H27NO5. The van der Waals surface area contributed by atoms with Crippen molar-refractivity contribution >= 4 is 11.9 Å². The maximum atomic E-state index is 12.4. The first-order valence-corrected chi connectivity index (χ1v) is 9.82. The first-order valence-electron chi connectivity index (χ1n) is 9.82. The van der Waals surface area contributed by atoms with Crippen molar-refractivity contribution < 1.29 is 23.8 Å². The number of fused-ring (bicyclic) bond motifs is 1. The lowest BCUT2D eigenvalue weighted by atomic mass is 9.89. The molecule has 6 nitrogen and oxygen atoms in total. The van der Waals surface area contributed by atoms with Crippen LogP contribution in [0.5, 0.6) is 11.5 Å². The smallest absolute Gasteiger partial charge is 0.342 e. The summed E-state index contributed by atoms with van der Waals surface area (Å²) in [7, 11) is 2.93. The van der Waals surface area contributed by atoms with E-state index in [9.17, 15) is 9.59 Å². The largest absolute Gasteiger partial charge is 0.493 e. The number of benzene rings is 2. The van der Waals surface area contributed by atoms with E-state index in [4.69, 9.17) is 14.2 Å². The topological polar surface area (TPSA) is 73.9 Å². The summed E-state index contributed by atoms with van der Waals surface area (Å²) >= 11 is 0. The number of amides is 1. The number of rotatable bonds is 7. The van der Waals surface area contributed by atoms with E-state index in [0.29, 0.717) is 5.75 Å². The molecule has 1 amide bonds. The van der Waals surface area contributed by atoms with Crippen molar-refractivity contribution in [2.24, 2.45) is 0 Å². The molecule has 0 radical (unpaired) electrons. The van der Waals surface area contributed by atoms with Gasteiger partial charge in [-0.25, -0.2) is 4.79 Å². The zero-order chi connectivity index (χ0) is 20.8. The highest BCUT2D eigenvalue weighted by atomic mass is 16.5. The first kappa shape index (κ1) is 20.7. The fourth-order valence-corrected chi connectivity index (χ4v) is 3.65. The van der Waals surface area contributed by atoms with Crippen molar-refractivity contribution in [3.05, 3.63) is 58.7 Å². The van der Waals surface area contributed by atoms with Crippen LogP contribution in [0, 0.1) is 0 Å². The number of nitrogens with one attached hydrogen (secondary N) is 1. The van der Waals surface area contributed by atoms with Gasteiger partial charge in [0.05, 0.1) is 20.3 Å². The molecule has 154 valence electrons. The molecule has 0 heterocycles. The van der Waals surface area contributed by atoms with Crippen LogP contribution in [0.1, 0.15) is 52.9 Å². The van der Waals surface area contributed by atoms with Crippen LogP contribution < -0.4 is 14.8 Å². The number of methoxy groups -OCH3 is 2. The van der Waals surface area contributed by atoms with Gasteiger partial charge in [-0.05, 0) is 61.4 Å². The molecule has 2 aromatic carbocycles. The van der Waals surface area contributed by atoms with Crippen molar-refractivity contribution in [1.29, 1.82) is 0 Å². The summed E-state index contributed by atoms with van der Waals surface area (Å²) in [4.78, 5) is 24.7. The summed E-state index contributed by atoms with van der Waals surface area (Å²) in [5, 5.41) is 2.89. The molecule has 0 saturated carbocycles. The third-order valence-electron chi connectivity index (χ3n) is 5.21. The highest BCUT2D eigenvalue weighted by Crippen LogP contribution is 2.31. The summed E-state index contributed by atoms with van der Waals surface area (Å²) in [6.07, 6.45) is 4.66. The fourth-order valence-electron chi connectivity index (χ4n) is 3.65. The zero-order valence-corrected chi connectivity index (χ0v) is 17.1. The Kier molecular flexibility index (Phi) is 6.75. The van der Waals surface area contributed by atoms with Gasteiger partial charge in [-0.3, -0.25) is 4.79 Å². The zero-order valence-electron chi connectivity index (χ0n) is 17.1. The third kappa shape index (κ3) is 4.88. The van der Waals surface area contributed by atoms with Crippen molar-refractivity contribution in [3.8, 4) is 11.5 Å². The van der Waals surface area contributed by atoms with Gasteiger partial charge in [-0.1, -0.05) is 24.3 Å². The summed E-state index contributed by atoms with van der Waals surface area (Å²) in [6.45, 7) is 1.56. The summed E-state index contributed by atoms with van der Waals surface area (Å²) in [5.41, 5.74) is 4.04. The molecule has 6 heteroatoms. The molecule has 1 N–H and O–H groups in total. The Balaban J connectivity index is 1.58. The number of aryl methyl sites for hydroxylation is 2. The molecular weight excluding hydrogens is 370 g/mol. The normalized spacial score (nSPS) is 13.8. The minimum absolute atomic E-state index is 0.167. The molecule has 1 aliphatic carbocycles. The fraction of sp³-hybridized carbons (Fsp3) is 0.391. The number of hydrogen-bond donors (Lipinski definition) is 1. The molecule has 0 fully saturated rings. The van der Waals surface area contributed by atoms with Crippen molar-refractivity contribution in [3.63, 3.8) is 0 Å². The van der Waals surface area contributed by atoms with Gasteiger partial charge in [0.2, 0.25) is 0 Å². The van der Waals surface area contributed by atoms with Crippen molar-refractivity contribution in [2.45, 2.75) is 38.6 Å². The van der Waals surface area contributed by atoms with Gasteiger partial charge in [-0.2, -0.15) is 0 Å². The van der Waals surface area contributed by atoms with Crippen LogP contribution in [0.15, 0.2) is 36.4 Å². The van der Waals surface area contributed by atoms with Crippen LogP contribution in [0.3, 0.4) is 0 Å². The Morgan fingerprint density at radius 3 is 2.52 bits per heavy atom. The van der Waals surface area contributed by atoms with E-state index in [0.717, 1.165) is 18.4 Å². The Bertz CT molecular complexity index is 893. The van der Waals surface area contributed by atoms with Gasteiger partial charge >= 0.3 is 5.97 Å². The summed E-state index contributed by atoms with van der Waals surface area (Å²) in [6, 6.07) is 11.1. The number of esters is 1. The lowest BCUT2D eigenvalue weighted by Crippen LogP contribution is -2.31. The maximum absolute atomic E-state index is 12.4. The summed E-state index contributed by atoms with van der Waals surface area (Å²) in [5.74, 6) is -0.293. The quantitative estimate of drug-likeness (QED) is 0.723. The molecule has 3 rings (SSSR count). The predicted octanol–water partition coefficient (Wildman–Crippen LogP) is 3.62. The molecule has 0 aliphatic heterocycles. The van der Waals surface area contributed by atoms with Crippen LogP contribution >= 0.6 is 0 Å².